The van der Waals surface area contributed by atoms with Gasteiger partial charge in [0, 0.05) is 17.4 Å². The Morgan fingerprint density at radius 3 is 2.65 bits per heavy atom. The molecule has 1 amide bonds. The van der Waals surface area contributed by atoms with E-state index in [0.29, 0.717) is 5.69 Å². The molecule has 0 aliphatic carbocycles. The van der Waals surface area contributed by atoms with Crippen molar-refractivity contribution in [2.45, 2.75) is 19.8 Å². The van der Waals surface area contributed by atoms with Gasteiger partial charge in [-0.05, 0) is 47.7 Å². The van der Waals surface area contributed by atoms with E-state index in [4.69, 9.17) is 0 Å². The molecule has 5 heteroatoms. The molecule has 2 aromatic carbocycles. The minimum absolute atomic E-state index is 0.181. The van der Waals surface area contributed by atoms with E-state index in [-0.39, 0.29) is 11.8 Å². The predicted molar refractivity (Wildman–Crippen MR) is 104 cm³/mol. The fourth-order valence-corrected chi connectivity index (χ4v) is 2.93. The summed E-state index contributed by atoms with van der Waals surface area (Å²) in [7, 11) is 0. The molecule has 0 bridgehead atoms. The molecule has 0 saturated heterocycles. The summed E-state index contributed by atoms with van der Waals surface area (Å²) >= 11 is 0. The van der Waals surface area contributed by atoms with E-state index >= 15 is 0 Å². The van der Waals surface area contributed by atoms with Crippen molar-refractivity contribution in [1.82, 2.24) is 14.8 Å². The van der Waals surface area contributed by atoms with Crippen LogP contribution in [0, 0.1) is 0 Å². The molecule has 2 heterocycles. The number of carbonyl (C=O) groups is 1. The Kier molecular flexibility index (Phi) is 4.05. The molecule has 0 unspecified atom stereocenters. The lowest BCUT2D eigenvalue weighted by Crippen LogP contribution is -2.16. The maximum absolute atomic E-state index is 12.9. The van der Waals surface area contributed by atoms with Crippen LogP contribution in [0.15, 0.2) is 66.9 Å². The molecular formula is C21H20N4O. The van der Waals surface area contributed by atoms with Crippen LogP contribution in [-0.4, -0.2) is 20.7 Å². The molecule has 2 aromatic heterocycles. The second kappa shape index (κ2) is 6.52. The highest BCUT2D eigenvalue weighted by atomic mass is 16.2. The molecule has 0 aliphatic heterocycles. The van der Waals surface area contributed by atoms with Gasteiger partial charge < -0.3 is 10.3 Å². The van der Waals surface area contributed by atoms with Crippen molar-refractivity contribution in [2.75, 3.05) is 5.32 Å². The number of aromatic nitrogens is 3. The lowest BCUT2D eigenvalue weighted by molar-refractivity contribution is 0.101. The molecule has 0 fully saturated rings. The van der Waals surface area contributed by atoms with E-state index in [1.807, 2.05) is 66.9 Å². The number of nitrogens with zero attached hydrogens (tertiary/aromatic N) is 2. The van der Waals surface area contributed by atoms with Crippen LogP contribution in [0.25, 0.3) is 16.6 Å². The second-order valence-electron chi connectivity index (χ2n) is 6.59. The first-order valence-corrected chi connectivity index (χ1v) is 8.66. The number of hydrogen-bond donors (Lipinski definition) is 2. The molecule has 0 aliphatic rings. The van der Waals surface area contributed by atoms with Crippen LogP contribution in [0.4, 0.5) is 5.69 Å². The number of carbonyl (C=O) groups excluding carboxylic acids is 1. The smallest absolute Gasteiger partial charge is 0.274 e. The Morgan fingerprint density at radius 1 is 1.08 bits per heavy atom. The molecule has 5 nitrogen and oxygen atoms in total. The SMILES string of the molecule is CC(C)c1cc(C(=O)Nc2ccc3cc[nH]c3c2)n(-c2ccccc2)n1. The lowest BCUT2D eigenvalue weighted by Gasteiger charge is -2.08. The van der Waals surface area contributed by atoms with Crippen molar-refractivity contribution in [1.29, 1.82) is 0 Å². The first kappa shape index (κ1) is 16.1. The van der Waals surface area contributed by atoms with Gasteiger partial charge in [-0.2, -0.15) is 5.10 Å². The van der Waals surface area contributed by atoms with Crippen LogP contribution >= 0.6 is 0 Å². The zero-order valence-electron chi connectivity index (χ0n) is 14.7. The highest BCUT2D eigenvalue weighted by molar-refractivity contribution is 6.04. The second-order valence-corrected chi connectivity index (χ2v) is 6.59. The van der Waals surface area contributed by atoms with Crippen LogP contribution in [0.1, 0.15) is 35.9 Å². The predicted octanol–water partition coefficient (Wildman–Crippen LogP) is 4.73. The molecule has 130 valence electrons. The quantitative estimate of drug-likeness (QED) is 0.562. The van der Waals surface area contributed by atoms with E-state index in [1.165, 1.54) is 0 Å². The summed E-state index contributed by atoms with van der Waals surface area (Å²) in [6.07, 6.45) is 1.88. The van der Waals surface area contributed by atoms with Crippen LogP contribution < -0.4 is 5.32 Å². The minimum atomic E-state index is -0.181. The van der Waals surface area contributed by atoms with E-state index in [2.05, 4.69) is 29.2 Å². The minimum Gasteiger partial charge on any atom is -0.361 e. The Hall–Kier alpha value is -3.34. The molecule has 4 rings (SSSR count). The third kappa shape index (κ3) is 2.99. The monoisotopic (exact) mass is 344 g/mol. The number of para-hydroxylation sites is 1. The number of rotatable bonds is 4. The largest absolute Gasteiger partial charge is 0.361 e. The van der Waals surface area contributed by atoms with Crippen LogP contribution in [-0.2, 0) is 0 Å². The number of anilines is 1. The summed E-state index contributed by atoms with van der Waals surface area (Å²) < 4.78 is 1.71. The zero-order valence-corrected chi connectivity index (χ0v) is 14.7. The normalized spacial score (nSPS) is 11.2. The van der Waals surface area contributed by atoms with Gasteiger partial charge in [0.05, 0.1) is 11.4 Å². The van der Waals surface area contributed by atoms with Gasteiger partial charge in [0.1, 0.15) is 5.69 Å². The summed E-state index contributed by atoms with van der Waals surface area (Å²) in [4.78, 5) is 16.1. The van der Waals surface area contributed by atoms with Gasteiger partial charge >= 0.3 is 0 Å². The summed E-state index contributed by atoms with van der Waals surface area (Å²) in [6, 6.07) is 19.4. The zero-order chi connectivity index (χ0) is 18.1. The summed E-state index contributed by atoms with van der Waals surface area (Å²) in [5, 5.41) is 8.73. The van der Waals surface area contributed by atoms with Gasteiger partial charge in [-0.25, -0.2) is 4.68 Å². The number of nitrogens with one attached hydrogen (secondary N) is 2. The molecular weight excluding hydrogens is 324 g/mol. The van der Waals surface area contributed by atoms with Gasteiger partial charge in [0.15, 0.2) is 0 Å². The summed E-state index contributed by atoms with van der Waals surface area (Å²) in [6.45, 7) is 4.14. The van der Waals surface area contributed by atoms with Crippen molar-refractivity contribution >= 4 is 22.5 Å². The molecule has 0 atom stereocenters. The van der Waals surface area contributed by atoms with Crippen molar-refractivity contribution in [3.63, 3.8) is 0 Å². The van der Waals surface area contributed by atoms with Gasteiger partial charge in [0.25, 0.3) is 5.91 Å². The summed E-state index contributed by atoms with van der Waals surface area (Å²) in [5.41, 5.74) is 4.01. The van der Waals surface area contributed by atoms with E-state index in [9.17, 15) is 4.79 Å². The molecule has 0 radical (unpaired) electrons. The number of benzene rings is 2. The Labute approximate surface area is 151 Å². The Balaban J connectivity index is 1.70. The average Bonchev–Trinajstić information content (AvgIpc) is 3.29. The highest BCUT2D eigenvalue weighted by Crippen LogP contribution is 2.21. The average molecular weight is 344 g/mol. The Morgan fingerprint density at radius 2 is 1.88 bits per heavy atom. The van der Waals surface area contributed by atoms with Crippen LogP contribution in [0.5, 0.6) is 0 Å². The number of fused-ring (bicyclic) bond motifs is 1. The number of H-pyrrole nitrogens is 1. The first-order valence-electron chi connectivity index (χ1n) is 8.66. The van der Waals surface area contributed by atoms with Crippen molar-refractivity contribution < 1.29 is 4.79 Å². The Bertz CT molecular complexity index is 1060. The van der Waals surface area contributed by atoms with Gasteiger partial charge in [-0.15, -0.1) is 0 Å². The van der Waals surface area contributed by atoms with Gasteiger partial charge in [0.2, 0.25) is 0 Å². The van der Waals surface area contributed by atoms with Crippen LogP contribution in [0.3, 0.4) is 0 Å². The lowest BCUT2D eigenvalue weighted by atomic mass is 10.1. The summed E-state index contributed by atoms with van der Waals surface area (Å²) in [5.74, 6) is 0.0564. The maximum atomic E-state index is 12.9. The topological polar surface area (TPSA) is 62.7 Å². The highest BCUT2D eigenvalue weighted by Gasteiger charge is 2.18. The third-order valence-corrected chi connectivity index (χ3v) is 4.37. The molecule has 2 N–H and O–H groups in total. The van der Waals surface area contributed by atoms with Crippen molar-refractivity contribution in [3.8, 4) is 5.69 Å². The van der Waals surface area contributed by atoms with Gasteiger partial charge in [-0.1, -0.05) is 38.1 Å². The van der Waals surface area contributed by atoms with Gasteiger partial charge in [-0.3, -0.25) is 4.79 Å². The standard InChI is InChI=1S/C21H20N4O/c1-14(2)18-13-20(25(24-18)17-6-4-3-5-7-17)21(26)23-16-9-8-15-10-11-22-19(15)12-16/h3-14,22H,1-2H3,(H,23,26). The van der Waals surface area contributed by atoms with Crippen LogP contribution in [0.2, 0.25) is 0 Å². The van der Waals surface area contributed by atoms with Crippen molar-refractivity contribution in [2.24, 2.45) is 0 Å². The first-order chi connectivity index (χ1) is 12.6. The molecule has 0 spiro atoms. The molecule has 26 heavy (non-hydrogen) atoms. The fourth-order valence-electron chi connectivity index (χ4n) is 2.93. The number of hydrogen-bond acceptors (Lipinski definition) is 2. The maximum Gasteiger partial charge on any atom is 0.274 e. The fraction of sp³-hybridized carbons (Fsp3) is 0.143. The van der Waals surface area contributed by atoms with E-state index < -0.39 is 0 Å². The van der Waals surface area contributed by atoms with E-state index in [0.717, 1.165) is 28.0 Å². The molecule has 4 aromatic rings. The third-order valence-electron chi connectivity index (χ3n) is 4.37. The number of amides is 1. The van der Waals surface area contributed by atoms with Crippen molar-refractivity contribution in [3.05, 3.63) is 78.2 Å². The molecule has 0 saturated carbocycles. The van der Waals surface area contributed by atoms with E-state index in [1.54, 1.807) is 4.68 Å². The number of aromatic amines is 1.